The first-order valence-electron chi connectivity index (χ1n) is 8.14. The lowest BCUT2D eigenvalue weighted by molar-refractivity contribution is -0.0693. The highest BCUT2D eigenvalue weighted by Gasteiger charge is 2.49. The van der Waals surface area contributed by atoms with Crippen LogP contribution < -0.4 is 0 Å². The first kappa shape index (κ1) is 12.0. The van der Waals surface area contributed by atoms with Gasteiger partial charge >= 0.3 is 0 Å². The van der Waals surface area contributed by atoms with Gasteiger partial charge in [0.05, 0.1) is 30.4 Å². The molecule has 4 aliphatic rings. The van der Waals surface area contributed by atoms with Crippen LogP contribution in [-0.4, -0.2) is 20.8 Å². The maximum absolute atomic E-state index is 10.9. The Morgan fingerprint density at radius 2 is 1.81 bits per heavy atom. The summed E-state index contributed by atoms with van der Waals surface area (Å²) in [5.41, 5.74) is 3.89. The quantitative estimate of drug-likeness (QED) is 0.870. The zero-order valence-corrected chi connectivity index (χ0v) is 12.0. The van der Waals surface area contributed by atoms with Gasteiger partial charge in [-0.3, -0.25) is 0 Å². The lowest BCUT2D eigenvalue weighted by Gasteiger charge is -2.49. The van der Waals surface area contributed by atoms with E-state index in [-0.39, 0.29) is 12.1 Å². The number of benzene rings is 1. The number of nitrogens with zero attached hydrogens (tertiary/aromatic N) is 2. The van der Waals surface area contributed by atoms with E-state index < -0.39 is 0 Å². The molecule has 2 aromatic rings. The van der Waals surface area contributed by atoms with Crippen molar-refractivity contribution in [3.8, 4) is 11.3 Å². The van der Waals surface area contributed by atoms with Crippen LogP contribution in [0.25, 0.3) is 11.3 Å². The van der Waals surface area contributed by atoms with Gasteiger partial charge in [0.1, 0.15) is 0 Å². The Labute approximate surface area is 124 Å². The Bertz CT molecular complexity index is 682. The van der Waals surface area contributed by atoms with Crippen LogP contribution in [0.3, 0.4) is 0 Å². The fraction of sp³-hybridized carbons (Fsp3) is 0.500. The minimum Gasteiger partial charge on any atom is -0.392 e. The summed E-state index contributed by atoms with van der Waals surface area (Å²) in [5.74, 6) is 1.53. The van der Waals surface area contributed by atoms with E-state index in [2.05, 4.69) is 33.8 Å². The number of rotatable bonds is 1. The van der Waals surface area contributed by atoms with Gasteiger partial charge in [-0.25, -0.2) is 4.98 Å². The van der Waals surface area contributed by atoms with Crippen molar-refractivity contribution in [3.05, 3.63) is 42.4 Å². The summed E-state index contributed by atoms with van der Waals surface area (Å²) in [7, 11) is 0. The minimum atomic E-state index is -0.149. The maximum atomic E-state index is 10.9. The molecule has 0 spiro atoms. The van der Waals surface area contributed by atoms with Gasteiger partial charge in [-0.15, -0.1) is 0 Å². The van der Waals surface area contributed by atoms with Crippen LogP contribution in [0.1, 0.15) is 37.3 Å². The highest BCUT2D eigenvalue weighted by atomic mass is 16.3. The number of fused-ring (bicyclic) bond motifs is 6. The molecule has 1 aromatic heterocycles. The van der Waals surface area contributed by atoms with Crippen LogP contribution in [0.4, 0.5) is 0 Å². The Balaban J connectivity index is 1.67. The van der Waals surface area contributed by atoms with Gasteiger partial charge in [0.15, 0.2) is 0 Å². The summed E-state index contributed by atoms with van der Waals surface area (Å²) >= 11 is 0. The molecule has 2 heterocycles. The first-order valence-corrected chi connectivity index (χ1v) is 8.14. The van der Waals surface area contributed by atoms with E-state index in [4.69, 9.17) is 0 Å². The number of aliphatic hydroxyl groups is 1. The highest BCUT2D eigenvalue weighted by Crippen LogP contribution is 2.54. The molecule has 1 aliphatic heterocycles. The monoisotopic (exact) mass is 280 g/mol. The Morgan fingerprint density at radius 1 is 1.05 bits per heavy atom. The van der Waals surface area contributed by atoms with Gasteiger partial charge in [0.25, 0.3) is 0 Å². The van der Waals surface area contributed by atoms with E-state index >= 15 is 0 Å². The van der Waals surface area contributed by atoms with Crippen molar-refractivity contribution in [1.82, 2.24) is 9.55 Å². The van der Waals surface area contributed by atoms with Crippen molar-refractivity contribution >= 4 is 0 Å². The normalized spacial score (nSPS) is 36.5. The molecule has 3 fully saturated rings. The van der Waals surface area contributed by atoms with Crippen LogP contribution in [0.5, 0.6) is 0 Å². The molecule has 108 valence electrons. The van der Waals surface area contributed by atoms with E-state index in [1.165, 1.54) is 42.5 Å². The van der Waals surface area contributed by atoms with Crippen LogP contribution in [0.15, 0.2) is 36.8 Å². The van der Waals surface area contributed by atoms with Crippen molar-refractivity contribution in [2.45, 2.75) is 37.8 Å². The molecule has 6 rings (SSSR count). The molecule has 3 nitrogen and oxygen atoms in total. The van der Waals surface area contributed by atoms with E-state index in [0.717, 1.165) is 0 Å². The lowest BCUT2D eigenvalue weighted by atomic mass is 9.60. The molecule has 3 aliphatic carbocycles. The summed E-state index contributed by atoms with van der Waals surface area (Å²) in [6.45, 7) is 0. The molecule has 2 bridgehead atoms. The number of aromatic nitrogens is 2. The van der Waals surface area contributed by atoms with E-state index in [9.17, 15) is 5.11 Å². The molecular weight excluding hydrogens is 260 g/mol. The minimum absolute atomic E-state index is 0.149. The molecule has 3 saturated carbocycles. The topological polar surface area (TPSA) is 38.1 Å². The van der Waals surface area contributed by atoms with Crippen molar-refractivity contribution in [2.75, 3.05) is 0 Å². The molecule has 1 N–H and O–H groups in total. The third-order valence-corrected chi connectivity index (χ3v) is 6.12. The summed E-state index contributed by atoms with van der Waals surface area (Å²) in [6, 6.07) is 8.93. The second kappa shape index (κ2) is 4.20. The lowest BCUT2D eigenvalue weighted by Crippen LogP contribution is -2.47. The maximum Gasteiger partial charge on any atom is 0.0956 e. The van der Waals surface area contributed by atoms with Gasteiger partial charge in [-0.1, -0.05) is 24.3 Å². The zero-order chi connectivity index (χ0) is 14.0. The van der Waals surface area contributed by atoms with Gasteiger partial charge in [0, 0.05) is 11.5 Å². The molecule has 0 amide bonds. The van der Waals surface area contributed by atoms with E-state index in [0.29, 0.717) is 17.8 Å². The molecule has 0 unspecified atom stereocenters. The number of aliphatic hydroxyl groups excluding tert-OH is 1. The van der Waals surface area contributed by atoms with Gasteiger partial charge in [-0.2, -0.15) is 0 Å². The summed E-state index contributed by atoms with van der Waals surface area (Å²) in [6.07, 6.45) is 8.77. The average molecular weight is 280 g/mol. The summed E-state index contributed by atoms with van der Waals surface area (Å²) < 4.78 is 2.30. The largest absolute Gasteiger partial charge is 0.392 e. The molecule has 1 aromatic carbocycles. The van der Waals surface area contributed by atoms with Gasteiger partial charge in [0.2, 0.25) is 0 Å². The number of hydrogen-bond donors (Lipinski definition) is 1. The van der Waals surface area contributed by atoms with Crippen LogP contribution in [0.2, 0.25) is 0 Å². The Morgan fingerprint density at radius 3 is 2.62 bits per heavy atom. The summed E-state index contributed by atoms with van der Waals surface area (Å²) in [4.78, 5) is 4.36. The SMILES string of the molecule is O[C@H]1C2CCC(CC2)[C@H]1[C@H]1c2ccccc2-c2cncn21. The smallest absolute Gasteiger partial charge is 0.0956 e. The molecule has 3 heteroatoms. The van der Waals surface area contributed by atoms with E-state index in [1.54, 1.807) is 0 Å². The highest BCUT2D eigenvalue weighted by molar-refractivity contribution is 5.69. The predicted molar refractivity (Wildman–Crippen MR) is 80.7 cm³/mol. The van der Waals surface area contributed by atoms with Crippen molar-refractivity contribution in [2.24, 2.45) is 17.8 Å². The average Bonchev–Trinajstić information content (AvgIpc) is 3.10. The standard InChI is InChI=1S/C18H20N2O/c21-18-12-7-5-11(6-8-12)16(18)17-14-4-2-1-3-13(14)15-9-19-10-20(15)17/h1-4,9-12,16-18,21H,5-8H2/t11?,12?,16-,17+,18-/m0/s1. The third kappa shape index (κ3) is 1.50. The van der Waals surface area contributed by atoms with Crippen LogP contribution in [-0.2, 0) is 0 Å². The number of imidazole rings is 1. The Kier molecular flexibility index (Phi) is 2.40. The fourth-order valence-corrected chi connectivity index (χ4v) is 5.17. The Hall–Kier alpha value is -1.61. The second-order valence-electron chi connectivity index (χ2n) is 6.96. The predicted octanol–water partition coefficient (Wildman–Crippen LogP) is 3.25. The van der Waals surface area contributed by atoms with Gasteiger partial charge < -0.3 is 9.67 Å². The van der Waals surface area contributed by atoms with Gasteiger partial charge in [-0.05, 0) is 43.1 Å². The summed E-state index contributed by atoms with van der Waals surface area (Å²) in [5, 5.41) is 10.9. The molecule has 3 atom stereocenters. The second-order valence-corrected chi connectivity index (χ2v) is 6.96. The van der Waals surface area contributed by atoms with Crippen molar-refractivity contribution in [3.63, 3.8) is 0 Å². The molecular formula is C18H20N2O. The van der Waals surface area contributed by atoms with Crippen molar-refractivity contribution < 1.29 is 5.11 Å². The van der Waals surface area contributed by atoms with Crippen molar-refractivity contribution in [1.29, 1.82) is 0 Å². The molecule has 0 radical (unpaired) electrons. The molecule has 21 heavy (non-hydrogen) atoms. The van der Waals surface area contributed by atoms with Crippen LogP contribution >= 0.6 is 0 Å². The zero-order valence-electron chi connectivity index (χ0n) is 12.0. The third-order valence-electron chi connectivity index (χ3n) is 6.12. The fourth-order valence-electron chi connectivity index (χ4n) is 5.17. The van der Waals surface area contributed by atoms with Crippen LogP contribution in [0, 0.1) is 17.8 Å². The molecule has 0 saturated heterocycles. The first-order chi connectivity index (χ1) is 10.3. The number of hydrogen-bond acceptors (Lipinski definition) is 2. The van der Waals surface area contributed by atoms with E-state index in [1.807, 2.05) is 12.5 Å².